The van der Waals surface area contributed by atoms with Crippen LogP contribution in [-0.4, -0.2) is 38.4 Å². The Bertz CT molecular complexity index is 921. The van der Waals surface area contributed by atoms with Crippen molar-refractivity contribution in [2.24, 2.45) is 11.1 Å². The number of aliphatic carboxylic acids is 1. The molecule has 1 aliphatic rings. The van der Waals surface area contributed by atoms with E-state index in [1.54, 1.807) is 36.4 Å². The highest BCUT2D eigenvalue weighted by Crippen LogP contribution is 2.63. The second-order valence-corrected chi connectivity index (χ2v) is 8.65. The second kappa shape index (κ2) is 6.41. The van der Waals surface area contributed by atoms with Crippen LogP contribution in [0.4, 0.5) is 0 Å². The molecule has 0 bridgehead atoms. The Hall–Kier alpha value is -2.38. The zero-order chi connectivity index (χ0) is 19.1. The molecule has 26 heavy (non-hydrogen) atoms. The molecule has 138 valence electrons. The first-order valence-corrected chi connectivity index (χ1v) is 9.71. The van der Waals surface area contributed by atoms with Crippen LogP contribution in [0.1, 0.15) is 17.0 Å². The third kappa shape index (κ3) is 2.68. The van der Waals surface area contributed by atoms with E-state index in [4.69, 9.17) is 10.5 Å². The normalized spacial score (nSPS) is 24.9. The Morgan fingerprint density at radius 2 is 1.73 bits per heavy atom. The maximum atomic E-state index is 13.1. The quantitative estimate of drug-likeness (QED) is 0.799. The van der Waals surface area contributed by atoms with Crippen molar-refractivity contribution in [1.82, 2.24) is 0 Å². The van der Waals surface area contributed by atoms with Crippen LogP contribution in [0.5, 0.6) is 5.75 Å². The van der Waals surface area contributed by atoms with Gasteiger partial charge in [-0.2, -0.15) is 0 Å². The van der Waals surface area contributed by atoms with Crippen LogP contribution in [0.2, 0.25) is 0 Å². The molecular formula is C19H21NO5S. The molecule has 3 rings (SSSR count). The molecule has 0 aliphatic heterocycles. The highest BCUT2D eigenvalue weighted by atomic mass is 32.2. The standard InChI is InChI=1S/C19H21NO5S/c1-12-3-9-15(10-4-12)26(23,24)17-16(19(17,11-20)18(21)22)13-5-7-14(25-2)8-6-13/h3-10,16-17H,11,20H2,1-2H3,(H,21,22)/t16-,17-,19-/m0/s1. The largest absolute Gasteiger partial charge is 0.497 e. The van der Waals surface area contributed by atoms with Crippen molar-refractivity contribution < 1.29 is 23.1 Å². The van der Waals surface area contributed by atoms with Crippen LogP contribution in [-0.2, 0) is 14.6 Å². The Morgan fingerprint density at radius 3 is 2.19 bits per heavy atom. The summed E-state index contributed by atoms with van der Waals surface area (Å²) in [7, 11) is -2.33. The number of carboxylic acids is 1. The Kier molecular flexibility index (Phi) is 4.54. The molecule has 1 fully saturated rings. The average molecular weight is 375 g/mol. The lowest BCUT2D eigenvalue weighted by atomic mass is 9.99. The number of methoxy groups -OCH3 is 1. The molecule has 1 aliphatic carbocycles. The molecule has 7 heteroatoms. The van der Waals surface area contributed by atoms with Crippen molar-refractivity contribution in [2.45, 2.75) is 23.0 Å². The number of benzene rings is 2. The zero-order valence-corrected chi connectivity index (χ0v) is 15.4. The summed E-state index contributed by atoms with van der Waals surface area (Å²) in [5.41, 5.74) is 5.79. The highest BCUT2D eigenvalue weighted by molar-refractivity contribution is 7.92. The molecule has 3 atom stereocenters. The molecule has 1 saturated carbocycles. The van der Waals surface area contributed by atoms with Crippen LogP contribution in [0.15, 0.2) is 53.4 Å². The molecule has 2 aromatic rings. The number of carboxylic acid groups (broad SMARTS) is 1. The first kappa shape index (κ1) is 18.4. The van der Waals surface area contributed by atoms with E-state index in [1.807, 2.05) is 6.92 Å². The van der Waals surface area contributed by atoms with Gasteiger partial charge in [0.2, 0.25) is 0 Å². The maximum Gasteiger partial charge on any atom is 0.312 e. The minimum absolute atomic E-state index is 0.114. The summed E-state index contributed by atoms with van der Waals surface area (Å²) >= 11 is 0. The lowest BCUT2D eigenvalue weighted by Crippen LogP contribution is -2.31. The third-order valence-electron chi connectivity index (χ3n) is 5.15. The van der Waals surface area contributed by atoms with Crippen molar-refractivity contribution in [2.75, 3.05) is 13.7 Å². The van der Waals surface area contributed by atoms with Gasteiger partial charge in [-0.15, -0.1) is 0 Å². The topological polar surface area (TPSA) is 107 Å². The van der Waals surface area contributed by atoms with Gasteiger partial charge in [0, 0.05) is 12.5 Å². The number of hydrogen-bond donors (Lipinski definition) is 2. The van der Waals surface area contributed by atoms with Crippen LogP contribution in [0.3, 0.4) is 0 Å². The van der Waals surface area contributed by atoms with Gasteiger partial charge in [0.05, 0.1) is 17.3 Å². The minimum atomic E-state index is -3.85. The SMILES string of the molecule is COc1ccc([C@H]2[C@H](S(=O)(=O)c3ccc(C)cc3)[C@@]2(CN)C(=O)O)cc1. The van der Waals surface area contributed by atoms with Crippen molar-refractivity contribution in [3.8, 4) is 5.75 Å². The fourth-order valence-electron chi connectivity index (χ4n) is 3.60. The fourth-order valence-corrected chi connectivity index (χ4v) is 5.99. The van der Waals surface area contributed by atoms with Crippen molar-refractivity contribution in [1.29, 1.82) is 0 Å². The number of ether oxygens (including phenoxy) is 1. The third-order valence-corrected chi connectivity index (χ3v) is 7.44. The molecule has 0 unspecified atom stereocenters. The summed E-state index contributed by atoms with van der Waals surface area (Å²) in [5, 5.41) is 8.69. The van der Waals surface area contributed by atoms with E-state index in [0.717, 1.165) is 5.56 Å². The summed E-state index contributed by atoms with van der Waals surface area (Å²) < 4.78 is 31.4. The first-order chi connectivity index (χ1) is 12.3. The molecule has 0 heterocycles. The van der Waals surface area contributed by atoms with Gasteiger partial charge >= 0.3 is 5.97 Å². The zero-order valence-electron chi connectivity index (χ0n) is 14.5. The molecular weight excluding hydrogens is 354 g/mol. The summed E-state index contributed by atoms with van der Waals surface area (Å²) in [6, 6.07) is 13.2. The summed E-state index contributed by atoms with van der Waals surface area (Å²) in [4.78, 5) is 12.1. The number of aryl methyl sites for hydroxylation is 1. The van der Waals surface area contributed by atoms with Crippen LogP contribution in [0.25, 0.3) is 0 Å². The number of sulfone groups is 1. The predicted octanol–water partition coefficient (Wildman–Crippen LogP) is 1.97. The predicted molar refractivity (Wildman–Crippen MR) is 97.0 cm³/mol. The van der Waals surface area contributed by atoms with Gasteiger partial charge in [-0.25, -0.2) is 8.42 Å². The van der Waals surface area contributed by atoms with Gasteiger partial charge in [0.25, 0.3) is 0 Å². The Balaban J connectivity index is 2.08. The lowest BCUT2D eigenvalue weighted by Gasteiger charge is -2.10. The maximum absolute atomic E-state index is 13.1. The number of rotatable bonds is 6. The summed E-state index contributed by atoms with van der Waals surface area (Å²) in [6.07, 6.45) is 0. The second-order valence-electron chi connectivity index (χ2n) is 6.58. The lowest BCUT2D eigenvalue weighted by molar-refractivity contribution is -0.143. The number of nitrogens with two attached hydrogens (primary N) is 1. The minimum Gasteiger partial charge on any atom is -0.497 e. The van der Waals surface area contributed by atoms with E-state index < -0.39 is 32.4 Å². The molecule has 6 nitrogen and oxygen atoms in total. The molecule has 0 amide bonds. The van der Waals surface area contributed by atoms with Gasteiger partial charge in [-0.05, 0) is 36.8 Å². The van der Waals surface area contributed by atoms with Crippen molar-refractivity contribution >= 4 is 15.8 Å². The van der Waals surface area contributed by atoms with Crippen LogP contribution in [0, 0.1) is 12.3 Å². The average Bonchev–Trinajstić information content (AvgIpc) is 3.34. The van der Waals surface area contributed by atoms with Crippen molar-refractivity contribution in [3.63, 3.8) is 0 Å². The summed E-state index contributed by atoms with van der Waals surface area (Å²) in [6.45, 7) is 1.60. The van der Waals surface area contributed by atoms with Gasteiger partial charge in [-0.1, -0.05) is 29.8 Å². The van der Waals surface area contributed by atoms with Gasteiger partial charge in [0.1, 0.15) is 11.2 Å². The van der Waals surface area contributed by atoms with Crippen molar-refractivity contribution in [3.05, 3.63) is 59.7 Å². The Morgan fingerprint density at radius 1 is 1.15 bits per heavy atom. The fraction of sp³-hybridized carbons (Fsp3) is 0.316. The van der Waals surface area contributed by atoms with E-state index in [-0.39, 0.29) is 11.4 Å². The first-order valence-electron chi connectivity index (χ1n) is 8.17. The van der Waals surface area contributed by atoms with Crippen LogP contribution < -0.4 is 10.5 Å². The monoisotopic (exact) mass is 375 g/mol. The van der Waals surface area contributed by atoms with E-state index in [0.29, 0.717) is 11.3 Å². The molecule has 3 N–H and O–H groups in total. The number of carbonyl (C=O) groups is 1. The van der Waals surface area contributed by atoms with E-state index in [2.05, 4.69) is 0 Å². The smallest absolute Gasteiger partial charge is 0.312 e. The molecule has 2 aromatic carbocycles. The van der Waals surface area contributed by atoms with Gasteiger partial charge in [0.15, 0.2) is 9.84 Å². The number of hydrogen-bond acceptors (Lipinski definition) is 5. The molecule has 0 spiro atoms. The van der Waals surface area contributed by atoms with Crippen LogP contribution >= 0.6 is 0 Å². The van der Waals surface area contributed by atoms with E-state index in [1.165, 1.54) is 19.2 Å². The summed E-state index contributed by atoms with van der Waals surface area (Å²) in [5.74, 6) is -1.29. The molecule has 0 saturated heterocycles. The Labute approximate surface area is 152 Å². The highest BCUT2D eigenvalue weighted by Gasteiger charge is 2.75. The van der Waals surface area contributed by atoms with Gasteiger partial charge in [-0.3, -0.25) is 4.79 Å². The van der Waals surface area contributed by atoms with E-state index >= 15 is 0 Å². The molecule has 0 radical (unpaired) electrons. The van der Waals surface area contributed by atoms with E-state index in [9.17, 15) is 18.3 Å². The molecule has 0 aromatic heterocycles. The van der Waals surface area contributed by atoms with Gasteiger partial charge < -0.3 is 15.6 Å².